The van der Waals surface area contributed by atoms with E-state index in [1.54, 1.807) is 0 Å². The molecule has 8 aromatic carbocycles. The number of hydrogen-bond donors (Lipinski definition) is 0. The molecule has 0 spiro atoms. The molecular weight excluding hydrogens is 741 g/mol. The van der Waals surface area contributed by atoms with Gasteiger partial charge in [-0.05, 0) is 104 Å². The third-order valence-corrected chi connectivity index (χ3v) is 13.6. The van der Waals surface area contributed by atoms with Gasteiger partial charge in [-0.3, -0.25) is 4.40 Å². The minimum absolute atomic E-state index is 0.0655. The molecule has 0 aliphatic heterocycles. The van der Waals surface area contributed by atoms with E-state index in [0.717, 1.165) is 28.2 Å². The largest absolute Gasteiger partial charge is 0.308 e. The van der Waals surface area contributed by atoms with Crippen molar-refractivity contribution >= 4 is 115 Å². The van der Waals surface area contributed by atoms with E-state index in [0.29, 0.717) is 0 Å². The SMILES string of the molecule is CC(C)(C)c1cc(N(c2ccccc2)c2ccccc2)c2c(c1)c1cc3ccccc3c3c4c5c6cc(C(C)(C)C)cc7c8c9ccccc9ccc8n(c5ncc4n2c13)c76. The maximum Gasteiger partial charge on any atom is 0.146 e. The molecule has 0 unspecified atom stereocenters. The number of aromatic nitrogens is 3. The molecule has 0 aliphatic carbocycles. The molecule has 0 fully saturated rings. The van der Waals surface area contributed by atoms with Crippen LogP contribution in [0.4, 0.5) is 17.1 Å². The zero-order valence-electron chi connectivity index (χ0n) is 35.3. The fourth-order valence-corrected chi connectivity index (χ4v) is 10.7. The van der Waals surface area contributed by atoms with Gasteiger partial charge in [-0.1, -0.05) is 133 Å². The Morgan fingerprint density at radius 2 is 0.967 bits per heavy atom. The molecule has 0 atom stereocenters. The highest BCUT2D eigenvalue weighted by Gasteiger charge is 2.31. The number of pyridine rings is 1. The second-order valence-corrected chi connectivity index (χ2v) is 19.3. The van der Waals surface area contributed by atoms with Gasteiger partial charge in [0.2, 0.25) is 0 Å². The summed E-state index contributed by atoms with van der Waals surface area (Å²) in [6.45, 7) is 14.0. The Morgan fingerprint density at radius 1 is 0.410 bits per heavy atom. The molecule has 61 heavy (non-hydrogen) atoms. The van der Waals surface area contributed by atoms with E-state index in [9.17, 15) is 0 Å². The van der Waals surface area contributed by atoms with Gasteiger partial charge in [0.1, 0.15) is 5.65 Å². The van der Waals surface area contributed by atoms with Gasteiger partial charge in [0.05, 0.1) is 39.5 Å². The van der Waals surface area contributed by atoms with Crippen molar-refractivity contribution in [2.24, 2.45) is 0 Å². The monoisotopic (exact) mass is 784 g/mol. The highest BCUT2D eigenvalue weighted by atomic mass is 15.2. The lowest BCUT2D eigenvalue weighted by Crippen LogP contribution is -2.15. The number of benzene rings is 8. The molecule has 4 nitrogen and oxygen atoms in total. The van der Waals surface area contributed by atoms with Crippen LogP contribution in [0.25, 0.3) is 97.9 Å². The lowest BCUT2D eigenvalue weighted by molar-refractivity contribution is 0.591. The molecule has 0 amide bonds. The molecule has 0 saturated carbocycles. The zero-order valence-corrected chi connectivity index (χ0v) is 35.3. The van der Waals surface area contributed by atoms with Gasteiger partial charge in [-0.2, -0.15) is 0 Å². The third-order valence-electron chi connectivity index (χ3n) is 13.6. The van der Waals surface area contributed by atoms with Crippen LogP contribution < -0.4 is 4.90 Å². The summed E-state index contributed by atoms with van der Waals surface area (Å²) in [4.78, 5) is 8.03. The van der Waals surface area contributed by atoms with E-state index < -0.39 is 0 Å². The summed E-state index contributed by atoms with van der Waals surface area (Å²) in [6.07, 6.45) is 2.17. The standard InChI is InChI=1S/C57H44N4/c1-56(2,3)35-29-43-48-39-23-15-13-17-33(39)25-26-45(48)61-52(43)44(30-35)50-51-47(32-58-55(50)61)60-53-42(41-27-34-18-14-16-24-40(34)49(51)54(41)60)28-36(57(4,5)6)31-46(53)59(37-19-9-7-10-20-37)38-21-11-8-12-22-38/h7-32H,1-6H3. The van der Waals surface area contributed by atoms with Crippen molar-refractivity contribution < 1.29 is 0 Å². The van der Waals surface area contributed by atoms with Gasteiger partial charge in [-0.15, -0.1) is 0 Å². The van der Waals surface area contributed by atoms with E-state index in [-0.39, 0.29) is 10.8 Å². The lowest BCUT2D eigenvalue weighted by atomic mass is 9.85. The van der Waals surface area contributed by atoms with E-state index in [4.69, 9.17) is 4.98 Å². The number of fused-ring (bicyclic) bond motifs is 17. The average molecular weight is 785 g/mol. The van der Waals surface area contributed by atoms with E-state index >= 15 is 0 Å². The van der Waals surface area contributed by atoms with Gasteiger partial charge in [0, 0.05) is 54.5 Å². The Hall–Kier alpha value is -7.17. The van der Waals surface area contributed by atoms with Gasteiger partial charge < -0.3 is 9.30 Å². The minimum atomic E-state index is -0.0918. The molecular formula is C57H44N4. The fourth-order valence-electron chi connectivity index (χ4n) is 10.7. The molecule has 0 aliphatic rings. The van der Waals surface area contributed by atoms with Gasteiger partial charge in [0.15, 0.2) is 0 Å². The predicted molar refractivity (Wildman–Crippen MR) is 261 cm³/mol. The fraction of sp³-hybridized carbons (Fsp3) is 0.140. The van der Waals surface area contributed by atoms with Crippen molar-refractivity contribution in [2.45, 2.75) is 52.4 Å². The Kier molecular flexibility index (Phi) is 6.69. The van der Waals surface area contributed by atoms with Crippen molar-refractivity contribution in [1.82, 2.24) is 13.8 Å². The van der Waals surface area contributed by atoms with Crippen LogP contribution >= 0.6 is 0 Å². The van der Waals surface area contributed by atoms with Crippen molar-refractivity contribution in [3.8, 4) is 0 Å². The highest BCUT2D eigenvalue weighted by molar-refractivity contribution is 6.40. The van der Waals surface area contributed by atoms with Crippen LogP contribution in [0.15, 0.2) is 158 Å². The van der Waals surface area contributed by atoms with Crippen LogP contribution in [-0.4, -0.2) is 13.8 Å². The molecule has 13 aromatic rings. The Bertz CT molecular complexity index is 3890. The number of nitrogens with zero attached hydrogens (tertiary/aromatic N) is 4. The third kappa shape index (κ3) is 4.57. The molecule has 5 aromatic heterocycles. The molecule has 292 valence electrons. The van der Waals surface area contributed by atoms with Crippen LogP contribution in [0.1, 0.15) is 52.7 Å². The average Bonchev–Trinajstić information content (AvgIpc) is 3.99. The second-order valence-electron chi connectivity index (χ2n) is 19.3. The molecule has 4 heteroatoms. The van der Waals surface area contributed by atoms with Crippen LogP contribution in [0, 0.1) is 0 Å². The van der Waals surface area contributed by atoms with Crippen molar-refractivity contribution in [3.63, 3.8) is 0 Å². The van der Waals surface area contributed by atoms with Crippen LogP contribution in [0.5, 0.6) is 0 Å². The van der Waals surface area contributed by atoms with Crippen LogP contribution in [-0.2, 0) is 10.8 Å². The summed E-state index contributed by atoms with van der Waals surface area (Å²) in [5, 5.41) is 15.2. The summed E-state index contributed by atoms with van der Waals surface area (Å²) in [5.41, 5.74) is 12.9. The molecule has 0 saturated heterocycles. The maximum absolute atomic E-state index is 5.58. The normalized spacial score (nSPS) is 13.1. The van der Waals surface area contributed by atoms with E-state index in [2.05, 4.69) is 213 Å². The van der Waals surface area contributed by atoms with Gasteiger partial charge in [0.25, 0.3) is 0 Å². The Morgan fingerprint density at radius 3 is 1.64 bits per heavy atom. The first-order valence-electron chi connectivity index (χ1n) is 21.6. The van der Waals surface area contributed by atoms with E-state index in [1.807, 2.05) is 0 Å². The van der Waals surface area contributed by atoms with Gasteiger partial charge >= 0.3 is 0 Å². The highest BCUT2D eigenvalue weighted by Crippen LogP contribution is 2.52. The first-order chi connectivity index (χ1) is 29.6. The number of rotatable bonds is 3. The van der Waals surface area contributed by atoms with Crippen molar-refractivity contribution in [3.05, 3.63) is 169 Å². The Labute approximate surface area is 353 Å². The molecule has 5 heterocycles. The Balaban J connectivity index is 1.29. The zero-order chi connectivity index (χ0) is 41.1. The molecule has 13 rings (SSSR count). The van der Waals surface area contributed by atoms with E-state index in [1.165, 1.54) is 97.8 Å². The predicted octanol–water partition coefficient (Wildman–Crippen LogP) is 15.8. The minimum Gasteiger partial charge on any atom is -0.308 e. The summed E-state index contributed by atoms with van der Waals surface area (Å²) < 4.78 is 5.04. The van der Waals surface area contributed by atoms with Crippen LogP contribution in [0.2, 0.25) is 0 Å². The summed E-state index contributed by atoms with van der Waals surface area (Å²) in [7, 11) is 0. The maximum atomic E-state index is 5.58. The summed E-state index contributed by atoms with van der Waals surface area (Å²) >= 11 is 0. The quantitative estimate of drug-likeness (QED) is 0.178. The topological polar surface area (TPSA) is 24.9 Å². The molecule has 0 bridgehead atoms. The van der Waals surface area contributed by atoms with Crippen molar-refractivity contribution in [1.29, 1.82) is 0 Å². The molecule has 0 radical (unpaired) electrons. The lowest BCUT2D eigenvalue weighted by Gasteiger charge is -2.29. The molecule has 0 N–H and O–H groups in total. The van der Waals surface area contributed by atoms with Crippen LogP contribution in [0.3, 0.4) is 0 Å². The number of anilines is 3. The van der Waals surface area contributed by atoms with Gasteiger partial charge in [-0.25, -0.2) is 4.98 Å². The smallest absolute Gasteiger partial charge is 0.146 e. The number of hydrogen-bond acceptors (Lipinski definition) is 2. The van der Waals surface area contributed by atoms with Crippen molar-refractivity contribution in [2.75, 3.05) is 4.90 Å². The number of para-hydroxylation sites is 2. The summed E-state index contributed by atoms with van der Waals surface area (Å²) in [6, 6.07) is 56.4. The summed E-state index contributed by atoms with van der Waals surface area (Å²) in [5.74, 6) is 0. The first kappa shape index (κ1) is 34.7. The first-order valence-corrected chi connectivity index (χ1v) is 21.6. The second kappa shape index (κ2) is 11.8.